The van der Waals surface area contributed by atoms with Crippen LogP contribution in [-0.2, 0) is 11.3 Å². The average molecular weight is 409 g/mol. The summed E-state index contributed by atoms with van der Waals surface area (Å²) in [7, 11) is 0. The van der Waals surface area contributed by atoms with Gasteiger partial charge in [0.25, 0.3) is 0 Å². The lowest BCUT2D eigenvalue weighted by Gasteiger charge is -2.13. The van der Waals surface area contributed by atoms with Gasteiger partial charge in [0, 0.05) is 18.8 Å². The SMILES string of the molecule is CCOc1ccccc1OCCCC(=O)Nc1ccccc1OCCn1ccnc1. The summed E-state index contributed by atoms with van der Waals surface area (Å²) in [6, 6.07) is 15.0. The Hall–Kier alpha value is -3.48. The summed E-state index contributed by atoms with van der Waals surface area (Å²) in [5.74, 6) is 1.97. The third kappa shape index (κ3) is 6.55. The van der Waals surface area contributed by atoms with Crippen molar-refractivity contribution in [3.05, 3.63) is 67.3 Å². The lowest BCUT2D eigenvalue weighted by molar-refractivity contribution is -0.116. The molecule has 1 N–H and O–H groups in total. The molecule has 0 unspecified atom stereocenters. The number of hydrogen-bond donors (Lipinski definition) is 1. The third-order valence-electron chi connectivity index (χ3n) is 4.28. The molecule has 1 heterocycles. The van der Waals surface area contributed by atoms with Gasteiger partial charge in [-0.15, -0.1) is 0 Å². The van der Waals surface area contributed by atoms with E-state index in [2.05, 4.69) is 10.3 Å². The molecule has 1 aromatic heterocycles. The van der Waals surface area contributed by atoms with Crippen molar-refractivity contribution in [1.29, 1.82) is 0 Å². The number of ether oxygens (including phenoxy) is 3. The molecular weight excluding hydrogens is 382 g/mol. The van der Waals surface area contributed by atoms with Crippen LogP contribution in [0.1, 0.15) is 19.8 Å². The van der Waals surface area contributed by atoms with Crippen LogP contribution in [-0.4, -0.2) is 35.3 Å². The molecule has 0 bridgehead atoms. The molecule has 0 saturated carbocycles. The van der Waals surface area contributed by atoms with Gasteiger partial charge in [-0.3, -0.25) is 4.79 Å². The smallest absolute Gasteiger partial charge is 0.224 e. The van der Waals surface area contributed by atoms with Crippen molar-refractivity contribution in [3.8, 4) is 17.2 Å². The number of hydrogen-bond acceptors (Lipinski definition) is 5. The predicted octanol–water partition coefficient (Wildman–Crippen LogP) is 4.16. The summed E-state index contributed by atoms with van der Waals surface area (Å²) in [5, 5.41) is 2.92. The predicted molar refractivity (Wildman–Crippen MR) is 115 cm³/mol. The molecule has 158 valence electrons. The van der Waals surface area contributed by atoms with Crippen molar-refractivity contribution in [2.75, 3.05) is 25.1 Å². The van der Waals surface area contributed by atoms with Crippen molar-refractivity contribution in [3.63, 3.8) is 0 Å². The lowest BCUT2D eigenvalue weighted by atomic mass is 10.2. The van der Waals surface area contributed by atoms with Crippen molar-refractivity contribution in [2.45, 2.75) is 26.3 Å². The van der Waals surface area contributed by atoms with Gasteiger partial charge in [-0.1, -0.05) is 24.3 Å². The minimum absolute atomic E-state index is 0.0812. The number of rotatable bonds is 12. The molecule has 3 aromatic rings. The van der Waals surface area contributed by atoms with Crippen LogP contribution in [0, 0.1) is 0 Å². The van der Waals surface area contributed by atoms with Gasteiger partial charge < -0.3 is 24.1 Å². The quantitative estimate of drug-likeness (QED) is 0.455. The Morgan fingerprint density at radius 3 is 2.40 bits per heavy atom. The molecule has 0 aliphatic carbocycles. The van der Waals surface area contributed by atoms with Gasteiger partial charge in [-0.2, -0.15) is 0 Å². The standard InChI is InChI=1S/C23H27N3O4/c1-2-28-21-10-5-6-11-22(21)29-16-7-12-23(27)25-19-8-3-4-9-20(19)30-17-15-26-14-13-24-18-26/h3-6,8-11,13-14,18H,2,7,12,15-17H2,1H3,(H,25,27). The van der Waals surface area contributed by atoms with E-state index in [0.717, 1.165) is 0 Å². The molecular formula is C23H27N3O4. The van der Waals surface area contributed by atoms with Gasteiger partial charge in [0.15, 0.2) is 11.5 Å². The minimum atomic E-state index is -0.0812. The van der Waals surface area contributed by atoms with E-state index in [1.165, 1.54) is 0 Å². The fourth-order valence-corrected chi connectivity index (χ4v) is 2.85. The Labute approximate surface area is 176 Å². The first kappa shape index (κ1) is 21.2. The second-order valence-corrected chi connectivity index (χ2v) is 6.53. The van der Waals surface area contributed by atoms with Crippen LogP contribution in [0.4, 0.5) is 5.69 Å². The summed E-state index contributed by atoms with van der Waals surface area (Å²) in [6.45, 7) is 4.10. The second kappa shape index (κ2) is 11.5. The fraction of sp³-hybridized carbons (Fsp3) is 0.304. The first-order valence-corrected chi connectivity index (χ1v) is 10.1. The van der Waals surface area contributed by atoms with Crippen molar-refractivity contribution in [2.24, 2.45) is 0 Å². The van der Waals surface area contributed by atoms with Crippen LogP contribution in [0.5, 0.6) is 17.2 Å². The minimum Gasteiger partial charge on any atom is -0.490 e. The van der Waals surface area contributed by atoms with E-state index < -0.39 is 0 Å². The van der Waals surface area contributed by atoms with Gasteiger partial charge >= 0.3 is 0 Å². The molecule has 30 heavy (non-hydrogen) atoms. The maximum atomic E-state index is 12.3. The van der Waals surface area contributed by atoms with Gasteiger partial charge in [-0.25, -0.2) is 4.98 Å². The molecule has 1 amide bonds. The molecule has 3 rings (SSSR count). The van der Waals surface area contributed by atoms with Gasteiger partial charge in [-0.05, 0) is 37.6 Å². The van der Waals surface area contributed by atoms with E-state index >= 15 is 0 Å². The maximum absolute atomic E-state index is 12.3. The van der Waals surface area contributed by atoms with Gasteiger partial charge in [0.1, 0.15) is 12.4 Å². The normalized spacial score (nSPS) is 10.4. The van der Waals surface area contributed by atoms with E-state index in [1.807, 2.05) is 66.2 Å². The van der Waals surface area contributed by atoms with E-state index in [1.54, 1.807) is 12.5 Å². The summed E-state index contributed by atoms with van der Waals surface area (Å²) in [4.78, 5) is 16.4. The van der Waals surface area contributed by atoms with Gasteiger partial charge in [0.2, 0.25) is 5.91 Å². The van der Waals surface area contributed by atoms with E-state index in [-0.39, 0.29) is 5.91 Å². The van der Waals surface area contributed by atoms with E-state index in [4.69, 9.17) is 14.2 Å². The zero-order valence-corrected chi connectivity index (χ0v) is 17.1. The molecule has 0 radical (unpaired) electrons. The van der Waals surface area contributed by atoms with E-state index in [9.17, 15) is 4.79 Å². The molecule has 0 aliphatic heterocycles. The molecule has 7 heteroatoms. The van der Waals surface area contributed by atoms with Crippen LogP contribution in [0.2, 0.25) is 0 Å². The molecule has 0 aliphatic rings. The number of anilines is 1. The monoisotopic (exact) mass is 409 g/mol. The number of carbonyl (C=O) groups excluding carboxylic acids is 1. The first-order chi connectivity index (χ1) is 14.8. The summed E-state index contributed by atoms with van der Waals surface area (Å²) in [5.41, 5.74) is 0.663. The van der Waals surface area contributed by atoms with Crippen LogP contribution < -0.4 is 19.5 Å². The number of nitrogens with one attached hydrogen (secondary N) is 1. The molecule has 0 fully saturated rings. The average Bonchev–Trinajstić information content (AvgIpc) is 3.27. The first-order valence-electron chi connectivity index (χ1n) is 10.1. The lowest BCUT2D eigenvalue weighted by Crippen LogP contribution is -2.14. The topological polar surface area (TPSA) is 74.6 Å². The number of imidazole rings is 1. The zero-order chi connectivity index (χ0) is 21.0. The molecule has 0 saturated heterocycles. The molecule has 2 aromatic carbocycles. The van der Waals surface area contributed by atoms with Crippen LogP contribution in [0.25, 0.3) is 0 Å². The Kier molecular flexibility index (Phi) is 8.14. The highest BCUT2D eigenvalue weighted by Gasteiger charge is 2.09. The van der Waals surface area contributed by atoms with Gasteiger partial charge in [0.05, 0.1) is 31.8 Å². The number of nitrogens with zero attached hydrogens (tertiary/aromatic N) is 2. The summed E-state index contributed by atoms with van der Waals surface area (Å²) >= 11 is 0. The van der Waals surface area contributed by atoms with Crippen LogP contribution in [0.3, 0.4) is 0 Å². The third-order valence-corrected chi connectivity index (χ3v) is 4.28. The zero-order valence-electron chi connectivity index (χ0n) is 17.1. The van der Waals surface area contributed by atoms with Crippen molar-refractivity contribution in [1.82, 2.24) is 9.55 Å². The van der Waals surface area contributed by atoms with Crippen molar-refractivity contribution >= 4 is 11.6 Å². The Morgan fingerprint density at radius 2 is 1.67 bits per heavy atom. The Bertz CT molecular complexity index is 912. The number of benzene rings is 2. The number of carbonyl (C=O) groups is 1. The summed E-state index contributed by atoms with van der Waals surface area (Å²) in [6.07, 6.45) is 6.29. The second-order valence-electron chi connectivity index (χ2n) is 6.53. The molecule has 7 nitrogen and oxygen atoms in total. The fourth-order valence-electron chi connectivity index (χ4n) is 2.85. The van der Waals surface area contributed by atoms with Crippen LogP contribution >= 0.6 is 0 Å². The number of aromatic nitrogens is 2. The summed E-state index contributed by atoms with van der Waals surface area (Å²) < 4.78 is 19.1. The Morgan fingerprint density at radius 1 is 0.967 bits per heavy atom. The highest BCUT2D eigenvalue weighted by Crippen LogP contribution is 2.27. The Balaban J connectivity index is 1.42. The molecule has 0 atom stereocenters. The van der Waals surface area contributed by atoms with Crippen LogP contribution in [0.15, 0.2) is 67.3 Å². The van der Waals surface area contributed by atoms with E-state index in [0.29, 0.717) is 62.1 Å². The number of para-hydroxylation sites is 4. The van der Waals surface area contributed by atoms with Crippen molar-refractivity contribution < 1.29 is 19.0 Å². The highest BCUT2D eigenvalue weighted by molar-refractivity contribution is 5.92. The largest absolute Gasteiger partial charge is 0.490 e. The highest BCUT2D eigenvalue weighted by atomic mass is 16.5. The molecule has 0 spiro atoms. The number of amides is 1. The maximum Gasteiger partial charge on any atom is 0.224 e.